The summed E-state index contributed by atoms with van der Waals surface area (Å²) >= 11 is 0. The van der Waals surface area contributed by atoms with Gasteiger partial charge >= 0.3 is 0 Å². The van der Waals surface area contributed by atoms with Gasteiger partial charge in [-0.3, -0.25) is 0 Å². The third kappa shape index (κ3) is 2.88. The molecule has 0 aliphatic carbocycles. The minimum atomic E-state index is -3.49. The van der Waals surface area contributed by atoms with Gasteiger partial charge in [-0.25, -0.2) is 17.2 Å². The Morgan fingerprint density at radius 3 is 2.50 bits per heavy atom. The zero-order chi connectivity index (χ0) is 11.0. The van der Waals surface area contributed by atoms with Crippen molar-refractivity contribution in [2.24, 2.45) is 5.92 Å². The Morgan fingerprint density at radius 1 is 1.50 bits per heavy atom. The summed E-state index contributed by atoms with van der Waals surface area (Å²) in [7, 11) is -3.49. The standard InChI is InChI=1S/C8H15F2NO2S/c1-3-7-4-8(9,10)6-11(5-7)14(2,12)13/h7H,3-6H2,1-2H3. The van der Waals surface area contributed by atoms with Gasteiger partial charge in [0.1, 0.15) is 0 Å². The number of hydrogen-bond donors (Lipinski definition) is 0. The molecule has 1 unspecified atom stereocenters. The predicted molar refractivity (Wildman–Crippen MR) is 49.8 cm³/mol. The Bertz CT molecular complexity index is 302. The normalized spacial score (nSPS) is 29.0. The van der Waals surface area contributed by atoms with Crippen LogP contribution in [0.1, 0.15) is 19.8 Å². The summed E-state index contributed by atoms with van der Waals surface area (Å²) in [5, 5.41) is 0. The molecule has 1 saturated heterocycles. The molecule has 1 rings (SSSR count). The smallest absolute Gasteiger partial charge is 0.213 e. The number of halogens is 2. The summed E-state index contributed by atoms with van der Waals surface area (Å²) in [6.45, 7) is 1.36. The first-order valence-electron chi connectivity index (χ1n) is 4.57. The predicted octanol–water partition coefficient (Wildman–Crippen LogP) is 1.31. The molecule has 84 valence electrons. The van der Waals surface area contributed by atoms with E-state index in [0.29, 0.717) is 6.42 Å². The second-order valence-electron chi connectivity index (χ2n) is 3.89. The minimum absolute atomic E-state index is 0.199. The molecule has 0 aromatic carbocycles. The third-order valence-corrected chi connectivity index (χ3v) is 3.72. The first-order chi connectivity index (χ1) is 6.24. The molecule has 1 aliphatic rings. The molecule has 0 spiro atoms. The molecule has 1 aliphatic heterocycles. The molecule has 0 saturated carbocycles. The summed E-state index contributed by atoms with van der Waals surface area (Å²) in [5.74, 6) is -3.10. The van der Waals surface area contributed by atoms with Crippen LogP contribution in [0.2, 0.25) is 0 Å². The summed E-state index contributed by atoms with van der Waals surface area (Å²) in [5.41, 5.74) is 0. The molecule has 1 heterocycles. The molecule has 0 radical (unpaired) electrons. The second-order valence-corrected chi connectivity index (χ2v) is 5.87. The largest absolute Gasteiger partial charge is 0.262 e. The lowest BCUT2D eigenvalue weighted by atomic mass is 9.94. The van der Waals surface area contributed by atoms with Crippen molar-refractivity contribution in [1.29, 1.82) is 0 Å². The lowest BCUT2D eigenvalue weighted by Crippen LogP contribution is -2.48. The molecule has 0 aromatic heterocycles. The Morgan fingerprint density at radius 2 is 2.07 bits per heavy atom. The number of hydrogen-bond acceptors (Lipinski definition) is 2. The van der Waals surface area contributed by atoms with Crippen molar-refractivity contribution in [2.45, 2.75) is 25.7 Å². The van der Waals surface area contributed by atoms with Gasteiger partial charge in [-0.15, -0.1) is 0 Å². The summed E-state index contributed by atoms with van der Waals surface area (Å²) in [4.78, 5) is 0. The van der Waals surface area contributed by atoms with Crippen LogP contribution >= 0.6 is 0 Å². The van der Waals surface area contributed by atoms with Crippen LogP contribution in [-0.4, -0.2) is 38.0 Å². The highest BCUT2D eigenvalue weighted by atomic mass is 32.2. The zero-order valence-electron chi connectivity index (χ0n) is 8.33. The topological polar surface area (TPSA) is 37.4 Å². The van der Waals surface area contributed by atoms with E-state index in [1.54, 1.807) is 6.92 Å². The Hall–Kier alpha value is -0.230. The SMILES string of the molecule is CCC1CN(S(C)(=O)=O)CC(F)(F)C1. The maximum Gasteiger partial charge on any atom is 0.262 e. The van der Waals surface area contributed by atoms with Crippen LogP contribution in [0, 0.1) is 5.92 Å². The molecule has 0 aromatic rings. The van der Waals surface area contributed by atoms with E-state index in [2.05, 4.69) is 0 Å². The highest BCUT2D eigenvalue weighted by Crippen LogP contribution is 2.32. The van der Waals surface area contributed by atoms with Gasteiger partial charge in [-0.2, -0.15) is 4.31 Å². The van der Waals surface area contributed by atoms with Crippen molar-refractivity contribution >= 4 is 10.0 Å². The van der Waals surface area contributed by atoms with Crippen LogP contribution in [-0.2, 0) is 10.0 Å². The Labute approximate surface area is 83.1 Å². The number of sulfonamides is 1. The van der Waals surface area contributed by atoms with Gasteiger partial charge < -0.3 is 0 Å². The van der Waals surface area contributed by atoms with Crippen molar-refractivity contribution in [2.75, 3.05) is 19.3 Å². The quantitative estimate of drug-likeness (QED) is 0.713. The number of alkyl halides is 2. The number of nitrogens with zero attached hydrogens (tertiary/aromatic N) is 1. The van der Waals surface area contributed by atoms with Gasteiger partial charge in [0.2, 0.25) is 10.0 Å². The first-order valence-corrected chi connectivity index (χ1v) is 6.42. The zero-order valence-corrected chi connectivity index (χ0v) is 9.15. The monoisotopic (exact) mass is 227 g/mol. The molecule has 1 fully saturated rings. The van der Waals surface area contributed by atoms with E-state index >= 15 is 0 Å². The van der Waals surface area contributed by atoms with E-state index in [4.69, 9.17) is 0 Å². The number of rotatable bonds is 2. The fourth-order valence-corrected chi connectivity index (χ4v) is 2.59. The molecule has 3 nitrogen and oxygen atoms in total. The molecule has 0 bridgehead atoms. The summed E-state index contributed by atoms with van der Waals surface area (Å²) in [6.07, 6.45) is 1.36. The van der Waals surface area contributed by atoms with Crippen LogP contribution in [0.25, 0.3) is 0 Å². The lowest BCUT2D eigenvalue weighted by Gasteiger charge is -2.35. The van der Waals surface area contributed by atoms with Gasteiger partial charge in [-0.05, 0) is 5.92 Å². The van der Waals surface area contributed by atoms with Crippen molar-refractivity contribution in [1.82, 2.24) is 4.31 Å². The van der Waals surface area contributed by atoms with Crippen LogP contribution in [0.4, 0.5) is 8.78 Å². The average Bonchev–Trinajstić information content (AvgIpc) is 1.99. The lowest BCUT2D eigenvalue weighted by molar-refractivity contribution is -0.0636. The molecular formula is C8H15F2NO2S. The fraction of sp³-hybridized carbons (Fsp3) is 1.00. The van der Waals surface area contributed by atoms with Crippen molar-refractivity contribution in [3.63, 3.8) is 0 Å². The van der Waals surface area contributed by atoms with Crippen molar-refractivity contribution in [3.05, 3.63) is 0 Å². The van der Waals surface area contributed by atoms with Crippen LogP contribution in [0.5, 0.6) is 0 Å². The molecule has 14 heavy (non-hydrogen) atoms. The van der Waals surface area contributed by atoms with E-state index in [1.165, 1.54) is 0 Å². The van der Waals surface area contributed by atoms with Crippen molar-refractivity contribution in [3.8, 4) is 0 Å². The maximum atomic E-state index is 13.1. The van der Waals surface area contributed by atoms with E-state index in [0.717, 1.165) is 10.6 Å². The van der Waals surface area contributed by atoms with Crippen molar-refractivity contribution < 1.29 is 17.2 Å². The maximum absolute atomic E-state index is 13.1. The van der Waals surface area contributed by atoms with Gasteiger partial charge in [0.25, 0.3) is 5.92 Å². The van der Waals surface area contributed by atoms with E-state index in [-0.39, 0.29) is 18.9 Å². The van der Waals surface area contributed by atoms with Gasteiger partial charge in [0, 0.05) is 13.0 Å². The first kappa shape index (κ1) is 11.8. The summed E-state index contributed by atoms with van der Waals surface area (Å²) in [6, 6.07) is 0. The van der Waals surface area contributed by atoms with Crippen LogP contribution in [0.15, 0.2) is 0 Å². The molecule has 0 N–H and O–H groups in total. The molecule has 0 amide bonds. The van der Waals surface area contributed by atoms with E-state index < -0.39 is 22.5 Å². The Balaban J connectivity index is 2.81. The van der Waals surface area contributed by atoms with Crippen LogP contribution < -0.4 is 0 Å². The van der Waals surface area contributed by atoms with Crippen LogP contribution in [0.3, 0.4) is 0 Å². The highest BCUT2D eigenvalue weighted by Gasteiger charge is 2.42. The Kier molecular flexibility index (Phi) is 3.16. The van der Waals surface area contributed by atoms with Gasteiger partial charge in [0.15, 0.2) is 0 Å². The molecular weight excluding hydrogens is 212 g/mol. The highest BCUT2D eigenvalue weighted by molar-refractivity contribution is 7.88. The van der Waals surface area contributed by atoms with Gasteiger partial charge in [0.05, 0.1) is 12.8 Å². The number of piperidine rings is 1. The second kappa shape index (κ2) is 3.73. The molecule has 1 atom stereocenters. The molecule has 6 heteroatoms. The third-order valence-electron chi connectivity index (χ3n) is 2.50. The fourth-order valence-electron chi connectivity index (χ4n) is 1.69. The van der Waals surface area contributed by atoms with E-state index in [1.807, 2.05) is 0 Å². The average molecular weight is 227 g/mol. The minimum Gasteiger partial charge on any atom is -0.213 e. The van der Waals surface area contributed by atoms with E-state index in [9.17, 15) is 17.2 Å². The van der Waals surface area contributed by atoms with Gasteiger partial charge in [-0.1, -0.05) is 13.3 Å². The summed E-state index contributed by atoms with van der Waals surface area (Å²) < 4.78 is 49.4.